The minimum Gasteiger partial charge on any atom is -0.369 e. The third-order valence-corrected chi connectivity index (χ3v) is 3.84. The van der Waals surface area contributed by atoms with Gasteiger partial charge in [-0.1, -0.05) is 0 Å². The lowest BCUT2D eigenvalue weighted by molar-refractivity contribution is 0.826. The lowest BCUT2D eigenvalue weighted by atomic mass is 10.2. The van der Waals surface area contributed by atoms with Gasteiger partial charge in [0.25, 0.3) is 5.56 Å². The van der Waals surface area contributed by atoms with Gasteiger partial charge in [0.15, 0.2) is 11.2 Å². The Labute approximate surface area is 124 Å². The van der Waals surface area contributed by atoms with Gasteiger partial charge in [-0.3, -0.25) is 14.3 Å². The van der Waals surface area contributed by atoms with Crippen LogP contribution in [0.25, 0.3) is 11.2 Å². The second-order valence-corrected chi connectivity index (χ2v) is 5.30. The Morgan fingerprint density at radius 2 is 2.15 bits per heavy atom. The molecule has 0 spiro atoms. The molecular weight excluding hydrogens is 300 g/mol. The van der Waals surface area contributed by atoms with E-state index in [0.717, 1.165) is 5.56 Å². The summed E-state index contributed by atoms with van der Waals surface area (Å²) >= 11 is 1.66. The number of nitrogen functional groups attached to an aromatic ring is 2. The second-order valence-electron chi connectivity index (χ2n) is 4.18. The van der Waals surface area contributed by atoms with Crippen molar-refractivity contribution in [2.24, 2.45) is 0 Å². The van der Waals surface area contributed by atoms with E-state index in [1.54, 1.807) is 15.9 Å². The SMILES string of the molecule is Cc1sccc1Cn1c(N)nc2c(=O)[nH]c(N)nc21.Cl. The molecule has 5 N–H and O–H groups in total. The molecule has 106 valence electrons. The number of aromatic amines is 1. The maximum absolute atomic E-state index is 11.7. The van der Waals surface area contributed by atoms with Crippen molar-refractivity contribution in [3.05, 3.63) is 32.2 Å². The van der Waals surface area contributed by atoms with Crippen LogP contribution in [0.3, 0.4) is 0 Å². The zero-order valence-corrected chi connectivity index (χ0v) is 12.2. The normalized spacial score (nSPS) is 10.7. The topological polar surface area (TPSA) is 116 Å². The Morgan fingerprint density at radius 3 is 2.80 bits per heavy atom. The molecule has 3 aromatic rings. The number of halogens is 1. The number of H-pyrrole nitrogens is 1. The van der Waals surface area contributed by atoms with E-state index < -0.39 is 0 Å². The molecule has 0 atom stereocenters. The van der Waals surface area contributed by atoms with Gasteiger partial charge >= 0.3 is 0 Å². The number of hydrogen-bond acceptors (Lipinski definition) is 6. The number of hydrogen-bond donors (Lipinski definition) is 3. The molecule has 0 radical (unpaired) electrons. The molecule has 3 heterocycles. The molecule has 0 aliphatic rings. The number of nitrogens with one attached hydrogen (secondary N) is 1. The molecule has 3 rings (SSSR count). The predicted octanol–water partition coefficient (Wildman–Crippen LogP) is 1.12. The number of rotatable bonds is 2. The quantitative estimate of drug-likeness (QED) is 0.656. The molecule has 3 aromatic heterocycles. The summed E-state index contributed by atoms with van der Waals surface area (Å²) in [5, 5.41) is 2.01. The lowest BCUT2D eigenvalue weighted by Crippen LogP contribution is -2.12. The molecule has 0 unspecified atom stereocenters. The Bertz CT molecular complexity index is 820. The van der Waals surface area contributed by atoms with E-state index >= 15 is 0 Å². The largest absolute Gasteiger partial charge is 0.369 e. The maximum Gasteiger partial charge on any atom is 0.280 e. The molecule has 0 saturated heterocycles. The molecule has 0 fully saturated rings. The first kappa shape index (κ1) is 14.4. The number of aromatic nitrogens is 4. The highest BCUT2D eigenvalue weighted by molar-refractivity contribution is 7.10. The van der Waals surface area contributed by atoms with Crippen LogP contribution in [0, 0.1) is 6.92 Å². The molecule has 0 aromatic carbocycles. The van der Waals surface area contributed by atoms with E-state index in [2.05, 4.69) is 15.0 Å². The molecule has 0 saturated carbocycles. The maximum atomic E-state index is 11.7. The average Bonchev–Trinajstić information content (AvgIpc) is 2.87. The number of fused-ring (bicyclic) bond motifs is 1. The molecule has 0 amide bonds. The summed E-state index contributed by atoms with van der Waals surface area (Å²) in [6, 6.07) is 2.02. The van der Waals surface area contributed by atoms with E-state index in [0.29, 0.717) is 12.2 Å². The van der Waals surface area contributed by atoms with E-state index in [1.165, 1.54) is 4.88 Å². The molecular formula is C11H13ClN6OS. The third-order valence-electron chi connectivity index (χ3n) is 2.95. The van der Waals surface area contributed by atoms with Gasteiger partial charge in [0, 0.05) is 4.88 Å². The molecule has 0 bridgehead atoms. The van der Waals surface area contributed by atoms with Gasteiger partial charge in [0.1, 0.15) is 0 Å². The van der Waals surface area contributed by atoms with E-state index in [9.17, 15) is 4.79 Å². The predicted molar refractivity (Wildman–Crippen MR) is 82.4 cm³/mol. The molecule has 20 heavy (non-hydrogen) atoms. The number of thiophene rings is 1. The summed E-state index contributed by atoms with van der Waals surface area (Å²) < 4.78 is 1.69. The highest BCUT2D eigenvalue weighted by atomic mass is 35.5. The smallest absolute Gasteiger partial charge is 0.280 e. The van der Waals surface area contributed by atoms with Crippen LogP contribution in [0.4, 0.5) is 11.9 Å². The number of imidazole rings is 1. The van der Waals surface area contributed by atoms with Crippen molar-refractivity contribution < 1.29 is 0 Å². The summed E-state index contributed by atoms with van der Waals surface area (Å²) in [4.78, 5) is 23.5. The van der Waals surface area contributed by atoms with Crippen molar-refractivity contribution in [2.75, 3.05) is 11.5 Å². The van der Waals surface area contributed by atoms with Gasteiger partial charge in [-0.2, -0.15) is 4.98 Å². The van der Waals surface area contributed by atoms with E-state index in [-0.39, 0.29) is 35.4 Å². The first-order valence-electron chi connectivity index (χ1n) is 5.60. The minimum absolute atomic E-state index is 0. The fraction of sp³-hybridized carbons (Fsp3) is 0.182. The van der Waals surface area contributed by atoms with Crippen LogP contribution >= 0.6 is 23.7 Å². The van der Waals surface area contributed by atoms with Crippen LogP contribution in [0.15, 0.2) is 16.2 Å². The molecule has 9 heteroatoms. The van der Waals surface area contributed by atoms with Crippen molar-refractivity contribution in [2.45, 2.75) is 13.5 Å². The summed E-state index contributed by atoms with van der Waals surface area (Å²) in [6.45, 7) is 2.55. The first-order chi connectivity index (χ1) is 9.06. The average molecular weight is 313 g/mol. The Kier molecular flexibility index (Phi) is 3.69. The Morgan fingerprint density at radius 1 is 1.40 bits per heavy atom. The molecule has 7 nitrogen and oxygen atoms in total. The van der Waals surface area contributed by atoms with Crippen LogP contribution in [0.5, 0.6) is 0 Å². The van der Waals surface area contributed by atoms with E-state index in [1.807, 2.05) is 18.4 Å². The fourth-order valence-electron chi connectivity index (χ4n) is 1.95. The van der Waals surface area contributed by atoms with Crippen molar-refractivity contribution >= 4 is 46.8 Å². The lowest BCUT2D eigenvalue weighted by Gasteiger charge is -2.05. The summed E-state index contributed by atoms with van der Waals surface area (Å²) in [7, 11) is 0. The van der Waals surface area contributed by atoms with Crippen LogP contribution in [-0.2, 0) is 6.54 Å². The summed E-state index contributed by atoms with van der Waals surface area (Å²) in [5.74, 6) is 0.310. The summed E-state index contributed by atoms with van der Waals surface area (Å²) in [6.07, 6.45) is 0. The zero-order chi connectivity index (χ0) is 13.6. The second kappa shape index (κ2) is 5.14. The minimum atomic E-state index is -0.380. The van der Waals surface area contributed by atoms with Crippen molar-refractivity contribution in [3.63, 3.8) is 0 Å². The van der Waals surface area contributed by atoms with Gasteiger partial charge in [0.05, 0.1) is 6.54 Å². The van der Waals surface area contributed by atoms with Crippen LogP contribution < -0.4 is 17.0 Å². The van der Waals surface area contributed by atoms with Gasteiger partial charge in [-0.15, -0.1) is 23.7 Å². The first-order valence-corrected chi connectivity index (χ1v) is 6.48. The number of anilines is 2. The van der Waals surface area contributed by atoms with Gasteiger partial charge in [-0.05, 0) is 23.9 Å². The van der Waals surface area contributed by atoms with Gasteiger partial charge < -0.3 is 11.5 Å². The van der Waals surface area contributed by atoms with Crippen LogP contribution in [-0.4, -0.2) is 19.5 Å². The monoisotopic (exact) mass is 312 g/mol. The molecule has 0 aliphatic carbocycles. The highest BCUT2D eigenvalue weighted by Gasteiger charge is 2.14. The number of aryl methyl sites for hydroxylation is 1. The highest BCUT2D eigenvalue weighted by Crippen LogP contribution is 2.20. The van der Waals surface area contributed by atoms with Crippen molar-refractivity contribution in [3.8, 4) is 0 Å². The van der Waals surface area contributed by atoms with Gasteiger partial charge in [-0.25, -0.2) is 4.98 Å². The number of nitrogens with zero attached hydrogens (tertiary/aromatic N) is 3. The van der Waals surface area contributed by atoms with Crippen molar-refractivity contribution in [1.82, 2.24) is 19.5 Å². The van der Waals surface area contributed by atoms with Crippen LogP contribution in [0.2, 0.25) is 0 Å². The van der Waals surface area contributed by atoms with Gasteiger partial charge in [0.2, 0.25) is 11.9 Å². The Hall–Kier alpha value is -2.06. The Balaban J connectivity index is 0.00000147. The standard InChI is InChI=1S/C11H12N6OS.ClH/c1-5-6(2-3-19-5)4-17-8-7(14-11(17)13)9(18)16-10(12)15-8;/h2-3H,4H2,1H3,(H2,13,14)(H3,12,15,16,18);1H. The summed E-state index contributed by atoms with van der Waals surface area (Å²) in [5.41, 5.74) is 12.8. The zero-order valence-electron chi connectivity index (χ0n) is 10.6. The number of nitrogens with two attached hydrogens (primary N) is 2. The van der Waals surface area contributed by atoms with Crippen LogP contribution in [0.1, 0.15) is 10.4 Å². The third kappa shape index (κ3) is 2.23. The molecule has 0 aliphatic heterocycles. The fourth-order valence-corrected chi connectivity index (χ4v) is 2.67. The van der Waals surface area contributed by atoms with Crippen molar-refractivity contribution in [1.29, 1.82) is 0 Å². The van der Waals surface area contributed by atoms with E-state index in [4.69, 9.17) is 11.5 Å².